The van der Waals surface area contributed by atoms with Gasteiger partial charge in [-0.25, -0.2) is 9.78 Å². The molecule has 6 nitrogen and oxygen atoms in total. The van der Waals surface area contributed by atoms with Crippen LogP contribution in [0.3, 0.4) is 0 Å². The Labute approximate surface area is 137 Å². The lowest BCUT2D eigenvalue weighted by atomic mass is 10.2. The molecular formula is C17H26N2O4. The Morgan fingerprint density at radius 2 is 1.91 bits per heavy atom. The van der Waals surface area contributed by atoms with Crippen molar-refractivity contribution in [3.63, 3.8) is 0 Å². The molecule has 0 radical (unpaired) electrons. The normalized spacial score (nSPS) is 11.0. The monoisotopic (exact) mass is 322 g/mol. The second-order valence-electron chi connectivity index (χ2n) is 6.30. The maximum absolute atomic E-state index is 12.4. The summed E-state index contributed by atoms with van der Waals surface area (Å²) in [7, 11) is 1.37. The molecule has 1 rings (SSSR count). The lowest BCUT2D eigenvalue weighted by Crippen LogP contribution is -2.38. The molecule has 0 unspecified atom stereocenters. The first-order chi connectivity index (χ1) is 10.7. The molecule has 128 valence electrons. The van der Waals surface area contributed by atoms with E-state index in [1.807, 2.05) is 39.8 Å². The Balaban J connectivity index is 2.76. The third-order valence-electron chi connectivity index (χ3n) is 3.00. The highest BCUT2D eigenvalue weighted by Gasteiger charge is 2.24. The van der Waals surface area contributed by atoms with E-state index >= 15 is 0 Å². The zero-order valence-electron chi connectivity index (χ0n) is 14.6. The number of anilines is 1. The molecule has 0 bridgehead atoms. The summed E-state index contributed by atoms with van der Waals surface area (Å²) < 4.78 is 10.1. The number of unbranched alkanes of at least 4 members (excludes halogenated alkanes) is 1. The average Bonchev–Trinajstić information content (AvgIpc) is 2.44. The molecule has 23 heavy (non-hydrogen) atoms. The molecule has 0 aliphatic rings. The van der Waals surface area contributed by atoms with Crippen molar-refractivity contribution in [3.8, 4) is 0 Å². The zero-order chi connectivity index (χ0) is 17.5. The van der Waals surface area contributed by atoms with Crippen molar-refractivity contribution in [2.75, 3.05) is 18.6 Å². The van der Waals surface area contributed by atoms with E-state index in [-0.39, 0.29) is 5.97 Å². The van der Waals surface area contributed by atoms with E-state index in [4.69, 9.17) is 4.74 Å². The molecule has 6 heteroatoms. The minimum absolute atomic E-state index is 0.248. The summed E-state index contributed by atoms with van der Waals surface area (Å²) in [5, 5.41) is 0. The van der Waals surface area contributed by atoms with E-state index in [9.17, 15) is 9.59 Å². The molecule has 0 saturated carbocycles. The number of nitrogens with zero attached hydrogens (tertiary/aromatic N) is 2. The number of aromatic nitrogens is 1. The largest absolute Gasteiger partial charge is 0.469 e. The summed E-state index contributed by atoms with van der Waals surface area (Å²) in [6, 6.07) is 5.49. The number of methoxy groups -OCH3 is 1. The Morgan fingerprint density at radius 1 is 1.22 bits per heavy atom. The number of esters is 1. The highest BCUT2D eigenvalue weighted by atomic mass is 16.6. The second kappa shape index (κ2) is 8.50. The molecule has 0 aliphatic carbocycles. The first kappa shape index (κ1) is 18.9. The van der Waals surface area contributed by atoms with Gasteiger partial charge in [-0.1, -0.05) is 6.07 Å². The molecular weight excluding hydrogens is 296 g/mol. The zero-order valence-corrected chi connectivity index (χ0v) is 14.6. The van der Waals surface area contributed by atoms with E-state index in [2.05, 4.69) is 9.72 Å². The molecule has 0 spiro atoms. The third-order valence-corrected chi connectivity index (χ3v) is 3.00. The van der Waals surface area contributed by atoms with Gasteiger partial charge in [0.25, 0.3) is 0 Å². The van der Waals surface area contributed by atoms with Crippen molar-refractivity contribution in [2.24, 2.45) is 0 Å². The van der Waals surface area contributed by atoms with Crippen LogP contribution in [0.4, 0.5) is 10.6 Å². The Bertz CT molecular complexity index is 538. The fourth-order valence-electron chi connectivity index (χ4n) is 1.94. The van der Waals surface area contributed by atoms with Gasteiger partial charge >= 0.3 is 12.1 Å². The number of hydrogen-bond acceptors (Lipinski definition) is 5. The molecule has 1 amide bonds. The molecule has 0 aromatic carbocycles. The third kappa shape index (κ3) is 7.13. The van der Waals surface area contributed by atoms with Crippen molar-refractivity contribution in [2.45, 2.75) is 52.6 Å². The summed E-state index contributed by atoms with van der Waals surface area (Å²) in [6.45, 7) is 7.77. The van der Waals surface area contributed by atoms with Gasteiger partial charge in [0.15, 0.2) is 0 Å². The Kier molecular flexibility index (Phi) is 7.00. The molecule has 1 heterocycles. The van der Waals surface area contributed by atoms with Gasteiger partial charge in [0.2, 0.25) is 0 Å². The summed E-state index contributed by atoms with van der Waals surface area (Å²) >= 11 is 0. The number of hydrogen-bond donors (Lipinski definition) is 0. The summed E-state index contributed by atoms with van der Waals surface area (Å²) in [5.41, 5.74) is 0.246. The average molecular weight is 322 g/mol. The lowest BCUT2D eigenvalue weighted by molar-refractivity contribution is -0.140. The van der Waals surface area contributed by atoms with E-state index in [1.54, 1.807) is 6.07 Å². The number of aryl methyl sites for hydroxylation is 1. The van der Waals surface area contributed by atoms with E-state index < -0.39 is 11.7 Å². The van der Waals surface area contributed by atoms with Crippen LogP contribution in [0.25, 0.3) is 0 Å². The summed E-state index contributed by atoms with van der Waals surface area (Å²) in [4.78, 5) is 29.5. The van der Waals surface area contributed by atoms with Crippen molar-refractivity contribution in [3.05, 3.63) is 23.9 Å². The predicted octanol–water partition coefficient (Wildman–Crippen LogP) is 3.47. The van der Waals surface area contributed by atoms with Gasteiger partial charge in [-0.15, -0.1) is 0 Å². The smallest absolute Gasteiger partial charge is 0.416 e. The first-order valence-electron chi connectivity index (χ1n) is 7.74. The quantitative estimate of drug-likeness (QED) is 0.592. The van der Waals surface area contributed by atoms with Crippen LogP contribution in [0.5, 0.6) is 0 Å². The van der Waals surface area contributed by atoms with Gasteiger partial charge in [0.1, 0.15) is 11.4 Å². The second-order valence-corrected chi connectivity index (χ2v) is 6.30. The maximum atomic E-state index is 12.4. The van der Waals surface area contributed by atoms with Gasteiger partial charge in [-0.05, 0) is 52.7 Å². The van der Waals surface area contributed by atoms with Crippen molar-refractivity contribution in [1.29, 1.82) is 0 Å². The molecule has 0 fully saturated rings. The van der Waals surface area contributed by atoms with Crippen molar-refractivity contribution < 1.29 is 19.1 Å². The van der Waals surface area contributed by atoms with Crippen LogP contribution in [0.2, 0.25) is 0 Å². The van der Waals surface area contributed by atoms with Gasteiger partial charge in [0.05, 0.1) is 7.11 Å². The standard InChI is InChI=1S/C17H26N2O4/c1-13-9-8-10-14(18-13)19(16(21)23-17(2,3)4)12-7-6-11-15(20)22-5/h8-10H,6-7,11-12H2,1-5H3. The van der Waals surface area contributed by atoms with Crippen LogP contribution in [0, 0.1) is 6.92 Å². The fourth-order valence-corrected chi connectivity index (χ4v) is 1.94. The molecule has 0 aliphatic heterocycles. The molecule has 0 N–H and O–H groups in total. The Hall–Kier alpha value is -2.11. The predicted molar refractivity (Wildman–Crippen MR) is 88.4 cm³/mol. The molecule has 0 saturated heterocycles. The number of amides is 1. The molecule has 1 aromatic heterocycles. The van der Waals surface area contributed by atoms with Gasteiger partial charge in [0, 0.05) is 18.7 Å². The number of ether oxygens (including phenoxy) is 2. The highest BCUT2D eigenvalue weighted by molar-refractivity contribution is 5.86. The van der Waals surface area contributed by atoms with Crippen LogP contribution in [0.15, 0.2) is 18.2 Å². The fraction of sp³-hybridized carbons (Fsp3) is 0.588. The van der Waals surface area contributed by atoms with E-state index in [1.165, 1.54) is 12.0 Å². The first-order valence-corrected chi connectivity index (χ1v) is 7.74. The van der Waals surface area contributed by atoms with Crippen molar-refractivity contribution >= 4 is 17.9 Å². The SMILES string of the molecule is COC(=O)CCCCN(C(=O)OC(C)(C)C)c1cccc(C)n1. The minimum Gasteiger partial charge on any atom is -0.469 e. The lowest BCUT2D eigenvalue weighted by Gasteiger charge is -2.27. The van der Waals surface area contributed by atoms with Crippen LogP contribution in [-0.4, -0.2) is 36.3 Å². The van der Waals surface area contributed by atoms with Crippen LogP contribution >= 0.6 is 0 Å². The highest BCUT2D eigenvalue weighted by Crippen LogP contribution is 2.17. The molecule has 1 aromatic rings. The van der Waals surface area contributed by atoms with Gasteiger partial charge in [-0.3, -0.25) is 9.69 Å². The van der Waals surface area contributed by atoms with Crippen LogP contribution < -0.4 is 4.90 Å². The minimum atomic E-state index is -0.578. The number of carbonyl (C=O) groups is 2. The van der Waals surface area contributed by atoms with Crippen molar-refractivity contribution in [1.82, 2.24) is 4.98 Å². The number of rotatable bonds is 6. The Morgan fingerprint density at radius 3 is 2.48 bits per heavy atom. The maximum Gasteiger partial charge on any atom is 0.416 e. The van der Waals surface area contributed by atoms with Crippen LogP contribution in [-0.2, 0) is 14.3 Å². The van der Waals surface area contributed by atoms with Gasteiger partial charge < -0.3 is 9.47 Å². The molecule has 0 atom stereocenters. The summed E-state index contributed by atoms with van der Waals surface area (Å²) in [5.74, 6) is 0.305. The number of pyridine rings is 1. The van der Waals surface area contributed by atoms with Gasteiger partial charge in [-0.2, -0.15) is 0 Å². The number of carbonyl (C=O) groups excluding carboxylic acids is 2. The topological polar surface area (TPSA) is 68.7 Å². The van der Waals surface area contributed by atoms with E-state index in [0.717, 1.165) is 5.69 Å². The van der Waals surface area contributed by atoms with E-state index in [0.29, 0.717) is 31.6 Å². The van der Waals surface area contributed by atoms with Crippen LogP contribution in [0.1, 0.15) is 45.7 Å². The summed E-state index contributed by atoms with van der Waals surface area (Å²) in [6.07, 6.45) is 1.19.